The number of carbonyl (C=O) groups excluding carboxylic acids is 1. The molecule has 1 heterocycles. The van der Waals surface area contributed by atoms with Crippen molar-refractivity contribution < 1.29 is 9.90 Å². The molecule has 0 bridgehead atoms. The van der Waals surface area contributed by atoms with Gasteiger partial charge in [0.05, 0.1) is 6.54 Å². The van der Waals surface area contributed by atoms with Crippen LogP contribution in [0.4, 0.5) is 0 Å². The Morgan fingerprint density at radius 3 is 2.36 bits per heavy atom. The van der Waals surface area contributed by atoms with Crippen LogP contribution in [-0.2, 0) is 18.4 Å². The third kappa shape index (κ3) is 4.95. The first-order valence-corrected chi connectivity index (χ1v) is 8.53. The molecular weight excluding hydrogens is 316 g/mol. The van der Waals surface area contributed by atoms with Gasteiger partial charge in [0.1, 0.15) is 0 Å². The second-order valence-electron chi connectivity index (χ2n) is 6.83. The Balaban J connectivity index is 1.93. The summed E-state index contributed by atoms with van der Waals surface area (Å²) >= 11 is 0. The molecule has 0 spiro atoms. The number of aromatic nitrogens is 1. The number of hydrogen-bond donors (Lipinski definition) is 2. The molecule has 0 saturated heterocycles. The number of nitrogens with zero attached hydrogens (tertiary/aromatic N) is 1. The fourth-order valence-electron chi connectivity index (χ4n) is 2.70. The van der Waals surface area contributed by atoms with Crippen LogP contribution in [0.5, 0.6) is 5.75 Å². The fraction of sp³-hybridized carbons (Fsp3) is 0.400. The Bertz CT molecular complexity index is 792. The highest BCUT2D eigenvalue weighted by molar-refractivity contribution is 5.76. The molecule has 0 fully saturated rings. The lowest BCUT2D eigenvalue weighted by Crippen LogP contribution is -2.26. The molecule has 5 heteroatoms. The molecule has 0 aliphatic rings. The van der Waals surface area contributed by atoms with Crippen LogP contribution in [0.15, 0.2) is 41.3 Å². The number of nitrogens with one attached hydrogen (secondary N) is 1. The van der Waals surface area contributed by atoms with E-state index in [2.05, 4.69) is 43.4 Å². The van der Waals surface area contributed by atoms with E-state index in [9.17, 15) is 14.7 Å². The number of pyridine rings is 1. The zero-order chi connectivity index (χ0) is 18.6. The molecule has 5 nitrogen and oxygen atoms in total. The van der Waals surface area contributed by atoms with Crippen molar-refractivity contribution in [1.82, 2.24) is 9.88 Å². The Morgan fingerprint density at radius 1 is 1.16 bits per heavy atom. The topological polar surface area (TPSA) is 71.3 Å². The highest BCUT2D eigenvalue weighted by atomic mass is 16.3. The largest absolute Gasteiger partial charge is 0.503 e. The number of hydrogen-bond acceptors (Lipinski definition) is 3. The van der Waals surface area contributed by atoms with Gasteiger partial charge >= 0.3 is 0 Å². The number of carbonyl (C=O) groups is 1. The van der Waals surface area contributed by atoms with Crippen molar-refractivity contribution >= 4 is 5.91 Å². The van der Waals surface area contributed by atoms with Crippen molar-refractivity contribution in [3.05, 3.63) is 63.6 Å². The van der Waals surface area contributed by atoms with E-state index in [4.69, 9.17) is 0 Å². The molecular formula is C20H26N2O3. The van der Waals surface area contributed by atoms with Crippen LogP contribution in [0, 0.1) is 0 Å². The molecule has 0 radical (unpaired) electrons. The van der Waals surface area contributed by atoms with E-state index in [-0.39, 0.29) is 24.1 Å². The van der Waals surface area contributed by atoms with Gasteiger partial charge in [-0.25, -0.2) is 0 Å². The van der Waals surface area contributed by atoms with Crippen molar-refractivity contribution in [3.8, 4) is 5.75 Å². The van der Waals surface area contributed by atoms with Crippen molar-refractivity contribution in [2.75, 3.05) is 0 Å². The highest BCUT2D eigenvalue weighted by Gasteiger charge is 2.12. The van der Waals surface area contributed by atoms with E-state index < -0.39 is 5.43 Å². The van der Waals surface area contributed by atoms with Crippen LogP contribution in [0.25, 0.3) is 0 Å². The Kier molecular flexibility index (Phi) is 6.02. The summed E-state index contributed by atoms with van der Waals surface area (Å²) in [6, 6.07) is 9.72. The van der Waals surface area contributed by atoms with E-state index in [1.165, 1.54) is 17.8 Å². The van der Waals surface area contributed by atoms with E-state index in [0.29, 0.717) is 18.0 Å². The number of rotatable bonds is 6. The Morgan fingerprint density at radius 2 is 1.76 bits per heavy atom. The first-order valence-electron chi connectivity index (χ1n) is 8.53. The lowest BCUT2D eigenvalue weighted by Gasteiger charge is -2.14. The van der Waals surface area contributed by atoms with E-state index >= 15 is 0 Å². The maximum Gasteiger partial charge on any atom is 0.223 e. The number of benzene rings is 1. The van der Waals surface area contributed by atoms with Crippen molar-refractivity contribution in [1.29, 1.82) is 0 Å². The number of aromatic hydroxyl groups is 1. The average Bonchev–Trinajstić information content (AvgIpc) is 2.57. The van der Waals surface area contributed by atoms with E-state index in [1.807, 2.05) is 6.92 Å². The van der Waals surface area contributed by atoms with Crippen molar-refractivity contribution in [2.24, 2.45) is 7.05 Å². The highest BCUT2D eigenvalue weighted by Crippen LogP contribution is 2.22. The van der Waals surface area contributed by atoms with Gasteiger partial charge in [0.2, 0.25) is 11.3 Å². The molecule has 0 aliphatic carbocycles. The third-order valence-electron chi connectivity index (χ3n) is 4.45. The molecule has 1 aromatic heterocycles. The third-order valence-corrected chi connectivity index (χ3v) is 4.45. The second kappa shape index (κ2) is 8.01. The summed E-state index contributed by atoms with van der Waals surface area (Å²) in [4.78, 5) is 23.7. The Hall–Kier alpha value is -2.56. The SMILES string of the molecule is CC(C)c1ccc(C(C)CC(=O)NCc2cc(=O)c(O)cn2C)cc1. The van der Waals surface area contributed by atoms with Crippen LogP contribution in [0.2, 0.25) is 0 Å². The predicted molar refractivity (Wildman–Crippen MR) is 98.8 cm³/mol. The van der Waals surface area contributed by atoms with Crippen molar-refractivity contribution in [2.45, 2.75) is 45.6 Å². The van der Waals surface area contributed by atoms with E-state index in [0.717, 1.165) is 5.56 Å². The molecule has 1 atom stereocenters. The van der Waals surface area contributed by atoms with Crippen LogP contribution >= 0.6 is 0 Å². The fourth-order valence-corrected chi connectivity index (χ4v) is 2.70. The minimum Gasteiger partial charge on any atom is -0.503 e. The lowest BCUT2D eigenvalue weighted by atomic mass is 9.94. The first-order chi connectivity index (χ1) is 11.8. The van der Waals surface area contributed by atoms with Crippen LogP contribution in [0.1, 0.15) is 55.8 Å². The molecule has 1 amide bonds. The maximum absolute atomic E-state index is 12.2. The quantitative estimate of drug-likeness (QED) is 0.848. The molecule has 1 aromatic carbocycles. The smallest absolute Gasteiger partial charge is 0.223 e. The zero-order valence-corrected chi connectivity index (χ0v) is 15.2. The van der Waals surface area contributed by atoms with Gasteiger partial charge < -0.3 is 15.0 Å². The zero-order valence-electron chi connectivity index (χ0n) is 15.2. The van der Waals surface area contributed by atoms with Gasteiger partial charge in [0.25, 0.3) is 0 Å². The predicted octanol–water partition coefficient (Wildman–Crippen LogP) is 3.02. The minimum absolute atomic E-state index is 0.0686. The van der Waals surface area contributed by atoms with Gasteiger partial charge in [0, 0.05) is 31.4 Å². The van der Waals surface area contributed by atoms with Crippen LogP contribution in [0.3, 0.4) is 0 Å². The van der Waals surface area contributed by atoms with Gasteiger partial charge in [-0.05, 0) is 23.0 Å². The molecule has 2 rings (SSSR count). The number of aryl methyl sites for hydroxylation is 1. The molecule has 1 unspecified atom stereocenters. The summed E-state index contributed by atoms with van der Waals surface area (Å²) < 4.78 is 1.63. The number of amides is 1. The molecule has 2 aromatic rings. The van der Waals surface area contributed by atoms with Gasteiger partial charge in [-0.15, -0.1) is 0 Å². The van der Waals surface area contributed by atoms with Crippen LogP contribution < -0.4 is 10.7 Å². The molecule has 2 N–H and O–H groups in total. The normalized spacial score (nSPS) is 12.2. The summed E-state index contributed by atoms with van der Waals surface area (Å²) in [5, 5.41) is 12.2. The molecule has 0 saturated carbocycles. The van der Waals surface area contributed by atoms with Gasteiger partial charge in [-0.2, -0.15) is 0 Å². The minimum atomic E-state index is -0.444. The van der Waals surface area contributed by atoms with Crippen LogP contribution in [-0.4, -0.2) is 15.6 Å². The summed E-state index contributed by atoms with van der Waals surface area (Å²) in [5.41, 5.74) is 2.62. The summed E-state index contributed by atoms with van der Waals surface area (Å²) in [7, 11) is 1.72. The van der Waals surface area contributed by atoms with Crippen molar-refractivity contribution in [3.63, 3.8) is 0 Å². The van der Waals surface area contributed by atoms with E-state index in [1.54, 1.807) is 11.6 Å². The monoisotopic (exact) mass is 342 g/mol. The van der Waals surface area contributed by atoms with Gasteiger partial charge in [-0.3, -0.25) is 9.59 Å². The first kappa shape index (κ1) is 18.8. The van der Waals surface area contributed by atoms with Gasteiger partial charge in [-0.1, -0.05) is 45.0 Å². The average molecular weight is 342 g/mol. The molecule has 25 heavy (non-hydrogen) atoms. The lowest BCUT2D eigenvalue weighted by molar-refractivity contribution is -0.121. The summed E-state index contributed by atoms with van der Waals surface area (Å²) in [5.74, 6) is 0.242. The Labute approximate surface area is 148 Å². The standard InChI is InChI=1S/C20H26N2O3/c1-13(2)15-5-7-16(8-6-15)14(3)9-20(25)21-11-17-10-18(23)19(24)12-22(17)4/h5-8,10,12-14,24H,9,11H2,1-4H3,(H,21,25). The maximum atomic E-state index is 12.2. The molecule has 0 aliphatic heterocycles. The van der Waals surface area contributed by atoms with Gasteiger partial charge in [0.15, 0.2) is 5.75 Å². The second-order valence-corrected chi connectivity index (χ2v) is 6.83. The summed E-state index contributed by atoms with van der Waals surface area (Å²) in [6.45, 7) is 6.59. The summed E-state index contributed by atoms with van der Waals surface area (Å²) in [6.07, 6.45) is 1.73. The molecule has 134 valence electrons.